The summed E-state index contributed by atoms with van der Waals surface area (Å²) in [7, 11) is 0. The second-order valence-corrected chi connectivity index (χ2v) is 5.16. The van der Waals surface area contributed by atoms with Gasteiger partial charge in [-0.2, -0.15) is 4.98 Å². The summed E-state index contributed by atoms with van der Waals surface area (Å²) < 4.78 is 11.0. The Morgan fingerprint density at radius 3 is 2.92 bits per heavy atom. The average molecular weight is 348 g/mol. The molecule has 122 valence electrons. The molecule has 1 N–H and O–H groups in total. The lowest BCUT2D eigenvalue weighted by molar-refractivity contribution is -0.463. The van der Waals surface area contributed by atoms with E-state index in [2.05, 4.69) is 10.1 Å². The Morgan fingerprint density at radius 1 is 1.38 bits per heavy atom. The fourth-order valence-electron chi connectivity index (χ4n) is 2.10. The zero-order valence-electron chi connectivity index (χ0n) is 12.0. The van der Waals surface area contributed by atoms with Crippen LogP contribution in [0.25, 0.3) is 11.1 Å². The number of nitrogens with zero attached hydrogens (tertiary/aromatic N) is 3. The second kappa shape index (κ2) is 6.55. The molecule has 0 fully saturated rings. The van der Waals surface area contributed by atoms with Crippen molar-refractivity contribution in [3.63, 3.8) is 0 Å². The molecule has 8 nitrogen and oxygen atoms in total. The fraction of sp³-hybridized carbons (Fsp3) is 0.0667. The van der Waals surface area contributed by atoms with E-state index in [-0.39, 0.29) is 23.1 Å². The second-order valence-electron chi connectivity index (χ2n) is 4.73. The van der Waals surface area contributed by atoms with Crippen molar-refractivity contribution >= 4 is 28.4 Å². The lowest BCUT2D eigenvalue weighted by Gasteiger charge is -2.07. The largest absolute Gasteiger partial charge is 0.410 e. The van der Waals surface area contributed by atoms with E-state index in [4.69, 9.17) is 26.0 Å². The van der Waals surface area contributed by atoms with Gasteiger partial charge in [0.25, 0.3) is 0 Å². The quantitative estimate of drug-likeness (QED) is 0.326. The first kappa shape index (κ1) is 15.8. The SMILES string of the molecule is O=[N+]([O-])C/C(=N\O)c1ccccc1Oc1nc2cc(Cl)ccc2o1. The molecule has 0 spiro atoms. The van der Waals surface area contributed by atoms with Crippen LogP contribution < -0.4 is 4.74 Å². The van der Waals surface area contributed by atoms with E-state index >= 15 is 0 Å². The van der Waals surface area contributed by atoms with Gasteiger partial charge in [-0.25, -0.2) is 0 Å². The highest BCUT2D eigenvalue weighted by Crippen LogP contribution is 2.29. The topological polar surface area (TPSA) is 111 Å². The average Bonchev–Trinajstić information content (AvgIpc) is 2.94. The van der Waals surface area contributed by atoms with Crippen LogP contribution in [0.3, 0.4) is 0 Å². The van der Waals surface area contributed by atoms with Gasteiger partial charge in [0.05, 0.1) is 0 Å². The van der Waals surface area contributed by atoms with Gasteiger partial charge in [-0.05, 0) is 30.3 Å². The summed E-state index contributed by atoms with van der Waals surface area (Å²) in [6.07, 6.45) is -0.0573. The Morgan fingerprint density at radius 2 is 2.17 bits per heavy atom. The number of para-hydroxylation sites is 1. The zero-order valence-corrected chi connectivity index (χ0v) is 12.8. The number of rotatable bonds is 5. The van der Waals surface area contributed by atoms with Gasteiger partial charge in [0.1, 0.15) is 11.3 Å². The first-order valence-electron chi connectivity index (χ1n) is 6.73. The minimum absolute atomic E-state index is 0.0573. The van der Waals surface area contributed by atoms with Gasteiger partial charge in [0, 0.05) is 15.5 Å². The summed E-state index contributed by atoms with van der Waals surface area (Å²) in [5, 5.41) is 23.2. The molecule has 0 bridgehead atoms. The molecule has 3 rings (SSSR count). The summed E-state index contributed by atoms with van der Waals surface area (Å²) >= 11 is 5.89. The Bertz CT molecular complexity index is 938. The third-order valence-electron chi connectivity index (χ3n) is 3.12. The van der Waals surface area contributed by atoms with Crippen molar-refractivity contribution in [3.8, 4) is 11.8 Å². The Kier molecular flexibility index (Phi) is 4.30. The highest BCUT2D eigenvalue weighted by atomic mass is 35.5. The van der Waals surface area contributed by atoms with Crippen LogP contribution in [0, 0.1) is 10.1 Å². The van der Waals surface area contributed by atoms with Crippen LogP contribution in [-0.2, 0) is 0 Å². The van der Waals surface area contributed by atoms with E-state index in [1.165, 1.54) is 6.07 Å². The first-order valence-corrected chi connectivity index (χ1v) is 7.10. The van der Waals surface area contributed by atoms with Gasteiger partial charge in [0.2, 0.25) is 6.54 Å². The van der Waals surface area contributed by atoms with E-state index in [0.717, 1.165) is 0 Å². The Balaban J connectivity index is 1.95. The third kappa shape index (κ3) is 3.28. The van der Waals surface area contributed by atoms with E-state index < -0.39 is 11.5 Å². The van der Waals surface area contributed by atoms with Crippen LogP contribution in [0.2, 0.25) is 5.02 Å². The van der Waals surface area contributed by atoms with Crippen LogP contribution in [0.4, 0.5) is 0 Å². The summed E-state index contributed by atoms with van der Waals surface area (Å²) in [5.41, 5.74) is 1.11. The van der Waals surface area contributed by atoms with Crippen molar-refractivity contribution in [2.45, 2.75) is 0 Å². The van der Waals surface area contributed by atoms with Crippen molar-refractivity contribution in [3.05, 3.63) is 63.2 Å². The number of oxime groups is 1. The molecule has 0 saturated carbocycles. The van der Waals surface area contributed by atoms with Gasteiger partial charge in [-0.15, -0.1) is 0 Å². The van der Waals surface area contributed by atoms with Crippen LogP contribution in [-0.4, -0.2) is 27.4 Å². The summed E-state index contributed by atoms with van der Waals surface area (Å²) in [6, 6.07) is 11.3. The maximum absolute atomic E-state index is 10.7. The molecular weight excluding hydrogens is 338 g/mol. The number of hydrogen-bond acceptors (Lipinski definition) is 7. The summed E-state index contributed by atoms with van der Waals surface area (Å²) in [4.78, 5) is 14.2. The monoisotopic (exact) mass is 347 g/mol. The normalized spacial score (nSPS) is 11.6. The predicted octanol–water partition coefficient (Wildman–Crippen LogP) is 3.73. The minimum Gasteiger partial charge on any atom is -0.410 e. The minimum atomic E-state index is -0.653. The van der Waals surface area contributed by atoms with Gasteiger partial charge in [0.15, 0.2) is 11.3 Å². The van der Waals surface area contributed by atoms with Crippen LogP contribution >= 0.6 is 11.6 Å². The molecule has 0 aliphatic rings. The van der Waals surface area contributed by atoms with Crippen molar-refractivity contribution in [1.29, 1.82) is 0 Å². The van der Waals surface area contributed by atoms with Crippen molar-refractivity contribution in [1.82, 2.24) is 4.98 Å². The van der Waals surface area contributed by atoms with Crippen molar-refractivity contribution in [2.75, 3.05) is 6.54 Å². The van der Waals surface area contributed by atoms with Gasteiger partial charge in [-0.1, -0.05) is 28.9 Å². The van der Waals surface area contributed by atoms with E-state index in [1.54, 1.807) is 36.4 Å². The number of ether oxygens (including phenoxy) is 1. The van der Waals surface area contributed by atoms with E-state index in [9.17, 15) is 10.1 Å². The number of fused-ring (bicyclic) bond motifs is 1. The molecule has 0 amide bonds. The van der Waals surface area contributed by atoms with Crippen molar-refractivity contribution in [2.24, 2.45) is 5.16 Å². The molecule has 2 aromatic carbocycles. The van der Waals surface area contributed by atoms with Gasteiger partial charge in [-0.3, -0.25) is 10.1 Å². The molecule has 9 heteroatoms. The number of aromatic nitrogens is 1. The first-order chi connectivity index (χ1) is 11.6. The number of hydrogen-bond donors (Lipinski definition) is 1. The molecule has 0 radical (unpaired) electrons. The van der Waals surface area contributed by atoms with E-state index in [1.807, 2.05) is 0 Å². The fourth-order valence-corrected chi connectivity index (χ4v) is 2.27. The van der Waals surface area contributed by atoms with Crippen molar-refractivity contribution < 1.29 is 19.3 Å². The predicted molar refractivity (Wildman–Crippen MR) is 85.7 cm³/mol. The third-order valence-corrected chi connectivity index (χ3v) is 3.36. The molecule has 0 atom stereocenters. The lowest BCUT2D eigenvalue weighted by Crippen LogP contribution is -2.15. The number of benzene rings is 2. The number of oxazole rings is 1. The molecule has 0 saturated heterocycles. The van der Waals surface area contributed by atoms with Gasteiger partial charge >= 0.3 is 6.08 Å². The molecule has 3 aromatic rings. The lowest BCUT2D eigenvalue weighted by atomic mass is 10.1. The highest BCUT2D eigenvalue weighted by Gasteiger charge is 2.18. The molecule has 1 aromatic heterocycles. The molecular formula is C15H10ClN3O5. The Hall–Kier alpha value is -3.13. The molecule has 0 aliphatic heterocycles. The smallest absolute Gasteiger partial charge is 0.400 e. The maximum Gasteiger partial charge on any atom is 0.400 e. The highest BCUT2D eigenvalue weighted by molar-refractivity contribution is 6.31. The standard InChI is InChI=1S/C15H10ClN3O5/c16-9-5-6-14-11(7-9)17-15(24-14)23-13-4-2-1-3-10(13)12(18-20)8-19(21)22/h1-7,20H,8H2/b18-12+. The Labute approximate surface area is 140 Å². The summed E-state index contributed by atoms with van der Waals surface area (Å²) in [6.45, 7) is -0.653. The number of halogens is 1. The summed E-state index contributed by atoms with van der Waals surface area (Å²) in [5.74, 6) is 0.213. The maximum atomic E-state index is 10.7. The van der Waals surface area contributed by atoms with Crippen LogP contribution in [0.5, 0.6) is 11.8 Å². The molecule has 0 aliphatic carbocycles. The molecule has 24 heavy (non-hydrogen) atoms. The van der Waals surface area contributed by atoms with Crippen LogP contribution in [0.1, 0.15) is 5.56 Å². The van der Waals surface area contributed by atoms with Gasteiger partial charge < -0.3 is 14.4 Å². The molecule has 0 unspecified atom stereocenters. The zero-order chi connectivity index (χ0) is 17.1. The van der Waals surface area contributed by atoms with E-state index in [0.29, 0.717) is 16.1 Å². The number of nitro groups is 1. The van der Waals surface area contributed by atoms with Crippen LogP contribution in [0.15, 0.2) is 52.0 Å². The molecule has 1 heterocycles.